The van der Waals surface area contributed by atoms with Crippen LogP contribution in [0.25, 0.3) is 22.4 Å². The number of rotatable bonds is 6. The average Bonchev–Trinajstić information content (AvgIpc) is 3.17. The summed E-state index contributed by atoms with van der Waals surface area (Å²) in [7, 11) is 1.63. The van der Waals surface area contributed by atoms with Gasteiger partial charge in [-0.2, -0.15) is 4.98 Å². The highest BCUT2D eigenvalue weighted by Gasteiger charge is 2.22. The van der Waals surface area contributed by atoms with Gasteiger partial charge in [-0.1, -0.05) is 0 Å². The van der Waals surface area contributed by atoms with Crippen LogP contribution in [0.4, 0.5) is 5.95 Å². The Labute approximate surface area is 168 Å². The quantitative estimate of drug-likeness (QED) is 0.541. The van der Waals surface area contributed by atoms with Gasteiger partial charge in [0.1, 0.15) is 29.4 Å². The molecule has 29 heavy (non-hydrogen) atoms. The number of fused-ring (bicyclic) bond motifs is 1. The molecule has 0 spiro atoms. The van der Waals surface area contributed by atoms with Crippen molar-refractivity contribution in [2.45, 2.75) is 44.7 Å². The van der Waals surface area contributed by atoms with Gasteiger partial charge in [0.2, 0.25) is 5.95 Å². The van der Waals surface area contributed by atoms with Crippen molar-refractivity contribution in [2.75, 3.05) is 19.0 Å². The Morgan fingerprint density at radius 2 is 2.07 bits per heavy atom. The van der Waals surface area contributed by atoms with E-state index in [9.17, 15) is 5.11 Å². The number of methoxy groups -OCH3 is 1. The summed E-state index contributed by atoms with van der Waals surface area (Å²) in [5.41, 5.74) is 8.87. The van der Waals surface area contributed by atoms with E-state index in [4.69, 9.17) is 15.2 Å². The van der Waals surface area contributed by atoms with Gasteiger partial charge in [-0.05, 0) is 50.5 Å². The highest BCUT2D eigenvalue weighted by atomic mass is 16.5. The third kappa shape index (κ3) is 4.02. The fourth-order valence-corrected chi connectivity index (χ4v) is 3.35. The highest BCUT2D eigenvalue weighted by Crippen LogP contribution is 2.31. The first-order valence-corrected chi connectivity index (χ1v) is 9.77. The van der Waals surface area contributed by atoms with Crippen LogP contribution >= 0.6 is 0 Å². The Kier molecular flexibility index (Phi) is 5.61. The van der Waals surface area contributed by atoms with Gasteiger partial charge < -0.3 is 25.6 Å². The smallest absolute Gasteiger partial charge is 0.226 e. The molecule has 0 amide bonds. The number of benzene rings is 1. The van der Waals surface area contributed by atoms with E-state index >= 15 is 0 Å². The molecule has 1 saturated heterocycles. The molecule has 3 aromatic rings. The summed E-state index contributed by atoms with van der Waals surface area (Å²) in [6, 6.07) is 7.60. The van der Waals surface area contributed by atoms with E-state index in [1.807, 2.05) is 28.8 Å². The second-order valence-electron chi connectivity index (χ2n) is 7.18. The van der Waals surface area contributed by atoms with E-state index < -0.39 is 12.3 Å². The third-order valence-corrected chi connectivity index (χ3v) is 5.07. The largest absolute Gasteiger partial charge is 0.497 e. The SMILES string of the molecule is COc1ccc(-c2nc(NC(N)C(C)O)nc3c2ncn3C2CCCCO2)cc1. The fourth-order valence-electron chi connectivity index (χ4n) is 3.35. The molecule has 1 aromatic carbocycles. The zero-order chi connectivity index (χ0) is 20.4. The van der Waals surface area contributed by atoms with Crippen LogP contribution in [0, 0.1) is 0 Å². The van der Waals surface area contributed by atoms with Crippen LogP contribution in [-0.2, 0) is 4.74 Å². The minimum absolute atomic E-state index is 0.106. The van der Waals surface area contributed by atoms with Gasteiger partial charge in [-0.15, -0.1) is 0 Å². The molecule has 3 unspecified atom stereocenters. The maximum atomic E-state index is 9.76. The maximum absolute atomic E-state index is 9.76. The highest BCUT2D eigenvalue weighted by molar-refractivity contribution is 5.88. The van der Waals surface area contributed by atoms with Gasteiger partial charge in [-0.25, -0.2) is 9.97 Å². The summed E-state index contributed by atoms with van der Waals surface area (Å²) >= 11 is 0. The number of imidazole rings is 1. The van der Waals surface area contributed by atoms with Crippen LogP contribution in [-0.4, -0.2) is 50.6 Å². The predicted octanol–water partition coefficient (Wildman–Crippen LogP) is 2.28. The molecule has 3 heterocycles. The van der Waals surface area contributed by atoms with Crippen molar-refractivity contribution in [3.8, 4) is 17.0 Å². The second-order valence-corrected chi connectivity index (χ2v) is 7.18. The van der Waals surface area contributed by atoms with Gasteiger partial charge in [0.05, 0.1) is 19.5 Å². The Morgan fingerprint density at radius 3 is 2.72 bits per heavy atom. The molecule has 0 bridgehead atoms. The van der Waals surface area contributed by atoms with Crippen molar-refractivity contribution < 1.29 is 14.6 Å². The molecule has 0 aliphatic carbocycles. The minimum Gasteiger partial charge on any atom is -0.497 e. The van der Waals surface area contributed by atoms with Gasteiger partial charge in [-0.3, -0.25) is 4.57 Å². The summed E-state index contributed by atoms with van der Waals surface area (Å²) < 4.78 is 13.1. The fraction of sp³-hybridized carbons (Fsp3) is 0.450. The monoisotopic (exact) mass is 398 g/mol. The van der Waals surface area contributed by atoms with E-state index in [0.29, 0.717) is 22.8 Å². The topological polar surface area (TPSA) is 120 Å². The van der Waals surface area contributed by atoms with Crippen molar-refractivity contribution in [1.82, 2.24) is 19.5 Å². The first-order chi connectivity index (χ1) is 14.1. The zero-order valence-electron chi connectivity index (χ0n) is 16.6. The van der Waals surface area contributed by atoms with Crippen molar-refractivity contribution in [3.63, 3.8) is 0 Å². The van der Waals surface area contributed by atoms with Crippen molar-refractivity contribution in [3.05, 3.63) is 30.6 Å². The minimum atomic E-state index is -0.759. The number of aliphatic hydroxyl groups excluding tert-OH is 1. The lowest BCUT2D eigenvalue weighted by molar-refractivity contribution is -0.0298. The Bertz CT molecular complexity index is 966. The molecule has 3 atom stereocenters. The van der Waals surface area contributed by atoms with Crippen molar-refractivity contribution >= 4 is 17.1 Å². The third-order valence-electron chi connectivity index (χ3n) is 5.07. The lowest BCUT2D eigenvalue weighted by atomic mass is 10.1. The summed E-state index contributed by atoms with van der Waals surface area (Å²) in [5.74, 6) is 1.09. The average molecular weight is 398 g/mol. The van der Waals surface area contributed by atoms with E-state index in [-0.39, 0.29) is 6.23 Å². The number of hydrogen-bond donors (Lipinski definition) is 3. The number of nitrogens with two attached hydrogens (primary N) is 1. The van der Waals surface area contributed by atoms with Gasteiger partial charge in [0.25, 0.3) is 0 Å². The van der Waals surface area contributed by atoms with Crippen molar-refractivity contribution in [2.24, 2.45) is 5.73 Å². The first-order valence-electron chi connectivity index (χ1n) is 9.77. The zero-order valence-corrected chi connectivity index (χ0v) is 16.6. The molecular weight excluding hydrogens is 372 g/mol. The van der Waals surface area contributed by atoms with Gasteiger partial charge in [0.15, 0.2) is 5.65 Å². The number of hydrogen-bond acceptors (Lipinski definition) is 8. The number of nitrogens with zero attached hydrogens (tertiary/aromatic N) is 4. The summed E-state index contributed by atoms with van der Waals surface area (Å²) in [6.07, 6.45) is 3.25. The molecule has 2 aromatic heterocycles. The number of aliphatic hydroxyl groups is 1. The molecule has 154 valence electrons. The van der Waals surface area contributed by atoms with Crippen LogP contribution in [0.1, 0.15) is 32.4 Å². The lowest BCUT2D eigenvalue weighted by Gasteiger charge is -2.24. The predicted molar refractivity (Wildman–Crippen MR) is 109 cm³/mol. The van der Waals surface area contributed by atoms with Crippen LogP contribution in [0.15, 0.2) is 30.6 Å². The molecule has 4 N–H and O–H groups in total. The number of nitrogens with one attached hydrogen (secondary N) is 1. The Balaban J connectivity index is 1.82. The van der Waals surface area contributed by atoms with E-state index in [1.54, 1.807) is 20.4 Å². The molecule has 1 fully saturated rings. The number of anilines is 1. The molecule has 0 radical (unpaired) electrons. The summed E-state index contributed by atoms with van der Waals surface area (Å²) in [4.78, 5) is 13.9. The maximum Gasteiger partial charge on any atom is 0.226 e. The normalized spacial score (nSPS) is 19.1. The molecule has 9 nitrogen and oxygen atoms in total. The molecule has 1 aliphatic rings. The van der Waals surface area contributed by atoms with Crippen LogP contribution in [0.2, 0.25) is 0 Å². The van der Waals surface area contributed by atoms with E-state index in [1.165, 1.54) is 0 Å². The Hall–Kier alpha value is -2.75. The lowest BCUT2D eigenvalue weighted by Crippen LogP contribution is -2.40. The molecule has 9 heteroatoms. The number of aromatic nitrogens is 4. The van der Waals surface area contributed by atoms with E-state index in [0.717, 1.165) is 37.2 Å². The van der Waals surface area contributed by atoms with Gasteiger partial charge >= 0.3 is 0 Å². The molecule has 1 aliphatic heterocycles. The standard InChI is InChI=1S/C20H26N6O3/c1-12(27)18(21)24-20-23-16(13-6-8-14(28-2)9-7-13)17-19(25-20)26(11-22-17)15-5-3-4-10-29-15/h6-9,11-12,15,18,27H,3-5,10,21H2,1-2H3,(H,23,24,25). The summed E-state index contributed by atoms with van der Waals surface area (Å²) in [5, 5.41) is 12.7. The van der Waals surface area contributed by atoms with Crippen LogP contribution in [0.3, 0.4) is 0 Å². The van der Waals surface area contributed by atoms with Crippen LogP contribution in [0.5, 0.6) is 5.75 Å². The second kappa shape index (κ2) is 8.32. The molecular formula is C20H26N6O3. The van der Waals surface area contributed by atoms with E-state index in [2.05, 4.69) is 20.3 Å². The van der Waals surface area contributed by atoms with Crippen molar-refractivity contribution in [1.29, 1.82) is 0 Å². The van der Waals surface area contributed by atoms with Crippen LogP contribution < -0.4 is 15.8 Å². The molecule has 0 saturated carbocycles. The Morgan fingerprint density at radius 1 is 1.28 bits per heavy atom. The summed E-state index contributed by atoms with van der Waals surface area (Å²) in [6.45, 7) is 2.33. The molecule has 4 rings (SSSR count). The first kappa shape index (κ1) is 19.6. The van der Waals surface area contributed by atoms with Gasteiger partial charge in [0, 0.05) is 12.2 Å². The number of ether oxygens (including phenoxy) is 2.